The number of halogens is 1. The van der Waals surface area contributed by atoms with Crippen LogP contribution in [0.4, 0.5) is 10.1 Å². The van der Waals surface area contributed by atoms with Gasteiger partial charge >= 0.3 is 0 Å². The Morgan fingerprint density at radius 2 is 2.04 bits per heavy atom. The first kappa shape index (κ1) is 18.8. The Morgan fingerprint density at radius 3 is 2.78 bits per heavy atom. The highest BCUT2D eigenvalue weighted by Gasteiger charge is 2.31. The van der Waals surface area contributed by atoms with E-state index in [0.29, 0.717) is 31.1 Å². The van der Waals surface area contributed by atoms with E-state index in [4.69, 9.17) is 4.74 Å². The number of hydrogen-bond acceptors (Lipinski definition) is 4. The lowest BCUT2D eigenvalue weighted by Crippen LogP contribution is -2.49. The average molecular weight is 371 g/mol. The Morgan fingerprint density at radius 1 is 1.26 bits per heavy atom. The van der Waals surface area contributed by atoms with Crippen LogP contribution in [0.25, 0.3) is 0 Å². The zero-order valence-electron chi connectivity index (χ0n) is 15.3. The van der Waals surface area contributed by atoms with Crippen LogP contribution in [0.5, 0.6) is 5.75 Å². The van der Waals surface area contributed by atoms with Crippen LogP contribution in [0.3, 0.4) is 0 Å². The van der Waals surface area contributed by atoms with Gasteiger partial charge in [0, 0.05) is 37.8 Å². The number of nitrogens with zero attached hydrogens (tertiary/aromatic N) is 1. The zero-order chi connectivity index (χ0) is 19.4. The molecule has 2 aromatic rings. The highest BCUT2D eigenvalue weighted by Crippen LogP contribution is 2.31. The molecule has 0 saturated carbocycles. The fourth-order valence-electron chi connectivity index (χ4n) is 3.29. The molecule has 0 aromatic heterocycles. The summed E-state index contributed by atoms with van der Waals surface area (Å²) in [4.78, 5) is 26.1. The third-order valence-electron chi connectivity index (χ3n) is 4.52. The predicted molar refractivity (Wildman–Crippen MR) is 100 cm³/mol. The molecule has 27 heavy (non-hydrogen) atoms. The summed E-state index contributed by atoms with van der Waals surface area (Å²) in [7, 11) is 1.58. The van der Waals surface area contributed by atoms with Crippen molar-refractivity contribution >= 4 is 17.5 Å². The molecule has 6 nitrogen and oxygen atoms in total. The Labute approximate surface area is 157 Å². The van der Waals surface area contributed by atoms with Crippen LogP contribution in [0.2, 0.25) is 0 Å². The molecule has 1 heterocycles. The van der Waals surface area contributed by atoms with Crippen LogP contribution >= 0.6 is 0 Å². The maximum absolute atomic E-state index is 14.4. The van der Waals surface area contributed by atoms with Gasteiger partial charge in [-0.15, -0.1) is 0 Å². The second-order valence-electron chi connectivity index (χ2n) is 6.34. The van der Waals surface area contributed by atoms with E-state index in [-0.39, 0.29) is 17.5 Å². The number of methoxy groups -OCH3 is 1. The molecule has 7 heteroatoms. The summed E-state index contributed by atoms with van der Waals surface area (Å²) in [5.41, 5.74) is 1.18. The van der Waals surface area contributed by atoms with E-state index in [9.17, 15) is 14.0 Å². The molecule has 1 atom stereocenters. The Balaban J connectivity index is 1.95. The van der Waals surface area contributed by atoms with Crippen LogP contribution in [0.15, 0.2) is 42.5 Å². The number of anilines is 1. The van der Waals surface area contributed by atoms with Gasteiger partial charge < -0.3 is 20.3 Å². The van der Waals surface area contributed by atoms with Crippen LogP contribution in [0, 0.1) is 5.82 Å². The summed E-state index contributed by atoms with van der Waals surface area (Å²) >= 11 is 0. The maximum atomic E-state index is 14.4. The van der Waals surface area contributed by atoms with Crippen molar-refractivity contribution in [3.8, 4) is 5.75 Å². The van der Waals surface area contributed by atoms with E-state index < -0.39 is 11.7 Å². The fourth-order valence-corrected chi connectivity index (χ4v) is 3.29. The molecule has 0 radical (unpaired) electrons. The summed E-state index contributed by atoms with van der Waals surface area (Å²) in [5.74, 6) is -0.644. The minimum absolute atomic E-state index is 0.0666. The third-order valence-corrected chi connectivity index (χ3v) is 4.52. The number of piperazine rings is 1. The second-order valence-corrected chi connectivity index (χ2v) is 6.34. The van der Waals surface area contributed by atoms with Gasteiger partial charge in [0.05, 0.1) is 18.7 Å². The van der Waals surface area contributed by atoms with Crippen molar-refractivity contribution in [3.63, 3.8) is 0 Å². The van der Waals surface area contributed by atoms with Crippen LogP contribution < -0.4 is 15.4 Å². The summed E-state index contributed by atoms with van der Waals surface area (Å²) in [6.07, 6.45) is 0. The standard InChI is InChI=1S/C20H22FN3O3/c1-13(25)23-14-7-8-17(21)16(11-14)20(26)24-10-9-22-12-18(24)15-5-3-4-6-19(15)27-2/h3-8,11,18,22H,9-10,12H2,1-2H3,(H,23,25). The molecule has 0 bridgehead atoms. The lowest BCUT2D eigenvalue weighted by molar-refractivity contribution is -0.114. The van der Waals surface area contributed by atoms with Gasteiger partial charge in [-0.1, -0.05) is 18.2 Å². The molecule has 2 amide bonds. The summed E-state index contributed by atoms with van der Waals surface area (Å²) in [6.45, 7) is 2.95. The van der Waals surface area contributed by atoms with E-state index in [1.807, 2.05) is 24.3 Å². The highest BCUT2D eigenvalue weighted by molar-refractivity contribution is 5.97. The second kappa shape index (κ2) is 8.18. The molecule has 1 aliphatic heterocycles. The molecule has 1 saturated heterocycles. The van der Waals surface area contributed by atoms with Gasteiger partial charge in [0.25, 0.3) is 5.91 Å². The topological polar surface area (TPSA) is 70.7 Å². The van der Waals surface area contributed by atoms with E-state index in [0.717, 1.165) is 5.56 Å². The molecule has 0 spiro atoms. The first-order chi connectivity index (χ1) is 13.0. The number of para-hydroxylation sites is 1. The number of hydrogen-bond donors (Lipinski definition) is 2. The average Bonchev–Trinajstić information content (AvgIpc) is 2.68. The number of nitrogens with one attached hydrogen (secondary N) is 2. The number of amides is 2. The first-order valence-electron chi connectivity index (χ1n) is 8.73. The highest BCUT2D eigenvalue weighted by atomic mass is 19.1. The molecular formula is C20H22FN3O3. The van der Waals surface area contributed by atoms with Gasteiger partial charge in [-0.25, -0.2) is 4.39 Å². The van der Waals surface area contributed by atoms with Gasteiger partial charge in [0.1, 0.15) is 11.6 Å². The zero-order valence-corrected chi connectivity index (χ0v) is 15.3. The SMILES string of the molecule is COc1ccccc1C1CNCCN1C(=O)c1cc(NC(C)=O)ccc1F. The summed E-state index contributed by atoms with van der Waals surface area (Å²) in [6, 6.07) is 11.2. The molecule has 2 aromatic carbocycles. The lowest BCUT2D eigenvalue weighted by Gasteiger charge is -2.37. The first-order valence-corrected chi connectivity index (χ1v) is 8.73. The molecule has 0 aliphatic carbocycles. The molecular weight excluding hydrogens is 349 g/mol. The monoisotopic (exact) mass is 371 g/mol. The van der Waals surface area contributed by atoms with Crippen molar-refractivity contribution < 1.29 is 18.7 Å². The summed E-state index contributed by atoms with van der Waals surface area (Å²) in [5, 5.41) is 5.86. The minimum atomic E-state index is -0.619. The number of carbonyl (C=O) groups is 2. The Bertz CT molecular complexity index is 856. The van der Waals surface area contributed by atoms with Gasteiger partial charge in [0.2, 0.25) is 5.91 Å². The molecule has 3 rings (SSSR count). The van der Waals surface area contributed by atoms with Crippen LogP contribution in [0.1, 0.15) is 28.9 Å². The van der Waals surface area contributed by atoms with E-state index >= 15 is 0 Å². The van der Waals surface area contributed by atoms with Crippen molar-refractivity contribution in [1.82, 2.24) is 10.2 Å². The summed E-state index contributed by atoms with van der Waals surface area (Å²) < 4.78 is 19.8. The largest absolute Gasteiger partial charge is 0.496 e. The Kier molecular flexibility index (Phi) is 5.71. The Hall–Kier alpha value is -2.93. The van der Waals surface area contributed by atoms with Crippen molar-refractivity contribution in [2.75, 3.05) is 32.1 Å². The van der Waals surface area contributed by atoms with E-state index in [2.05, 4.69) is 10.6 Å². The van der Waals surface area contributed by atoms with Gasteiger partial charge in [-0.3, -0.25) is 9.59 Å². The normalized spacial score (nSPS) is 16.7. The van der Waals surface area contributed by atoms with Gasteiger partial charge in [0.15, 0.2) is 0 Å². The molecule has 142 valence electrons. The lowest BCUT2D eigenvalue weighted by atomic mass is 10.0. The molecule has 1 aliphatic rings. The maximum Gasteiger partial charge on any atom is 0.257 e. The van der Waals surface area contributed by atoms with Crippen LogP contribution in [-0.4, -0.2) is 43.5 Å². The number of carbonyl (C=O) groups excluding carboxylic acids is 2. The van der Waals surface area contributed by atoms with E-state index in [1.165, 1.54) is 25.1 Å². The van der Waals surface area contributed by atoms with Gasteiger partial charge in [-0.2, -0.15) is 0 Å². The number of rotatable bonds is 4. The molecule has 1 unspecified atom stereocenters. The van der Waals surface area contributed by atoms with Crippen molar-refractivity contribution in [3.05, 3.63) is 59.4 Å². The van der Waals surface area contributed by atoms with Crippen LogP contribution in [-0.2, 0) is 4.79 Å². The smallest absolute Gasteiger partial charge is 0.257 e. The number of ether oxygens (including phenoxy) is 1. The predicted octanol–water partition coefficient (Wildman–Crippen LogP) is 2.58. The van der Waals surface area contributed by atoms with Gasteiger partial charge in [-0.05, 0) is 24.3 Å². The number of benzene rings is 2. The van der Waals surface area contributed by atoms with E-state index in [1.54, 1.807) is 12.0 Å². The minimum Gasteiger partial charge on any atom is -0.496 e. The van der Waals surface area contributed by atoms with Crippen molar-refractivity contribution in [2.24, 2.45) is 0 Å². The van der Waals surface area contributed by atoms with Crippen molar-refractivity contribution in [2.45, 2.75) is 13.0 Å². The third kappa shape index (κ3) is 4.09. The molecule has 2 N–H and O–H groups in total. The molecule has 1 fully saturated rings. The van der Waals surface area contributed by atoms with Crippen molar-refractivity contribution in [1.29, 1.82) is 0 Å². The fraction of sp³-hybridized carbons (Fsp3) is 0.300. The quantitative estimate of drug-likeness (QED) is 0.867.